The van der Waals surface area contributed by atoms with Gasteiger partial charge in [0.15, 0.2) is 0 Å². The second-order valence-electron chi connectivity index (χ2n) is 5.40. The molecule has 3 nitrogen and oxygen atoms in total. The van der Waals surface area contributed by atoms with E-state index in [1.807, 2.05) is 0 Å². The van der Waals surface area contributed by atoms with Crippen LogP contribution >= 0.6 is 0 Å². The van der Waals surface area contributed by atoms with Gasteiger partial charge in [0.25, 0.3) is 0 Å². The molecule has 0 spiro atoms. The van der Waals surface area contributed by atoms with Gasteiger partial charge in [0.2, 0.25) is 0 Å². The zero-order valence-electron chi connectivity index (χ0n) is 10.2. The van der Waals surface area contributed by atoms with E-state index in [1.54, 1.807) is 0 Å². The molecule has 16 heavy (non-hydrogen) atoms. The van der Waals surface area contributed by atoms with Gasteiger partial charge in [-0.15, -0.1) is 0 Å². The fourth-order valence-corrected chi connectivity index (χ4v) is 3.19. The van der Waals surface area contributed by atoms with Crippen LogP contribution in [0.4, 0.5) is 0 Å². The molecule has 0 aromatic carbocycles. The highest BCUT2D eigenvalue weighted by Gasteiger charge is 2.40. The molecular weight excluding hydrogens is 202 g/mol. The maximum atomic E-state index is 11.0. The van der Waals surface area contributed by atoms with Crippen LogP contribution in [0.5, 0.6) is 0 Å². The monoisotopic (exact) mass is 225 g/mol. The van der Waals surface area contributed by atoms with Crippen molar-refractivity contribution >= 4 is 5.97 Å². The Morgan fingerprint density at radius 3 is 2.12 bits per heavy atom. The highest BCUT2D eigenvalue weighted by molar-refractivity contribution is 5.72. The molecule has 92 valence electrons. The molecule has 0 amide bonds. The first-order valence-corrected chi connectivity index (χ1v) is 6.65. The summed E-state index contributed by atoms with van der Waals surface area (Å²) in [6, 6.07) is 0.940. The van der Waals surface area contributed by atoms with Crippen LogP contribution < -0.4 is 0 Å². The molecule has 2 saturated carbocycles. The Bertz CT molecular complexity index is 246. The van der Waals surface area contributed by atoms with E-state index in [-0.39, 0.29) is 5.92 Å². The van der Waals surface area contributed by atoms with Crippen LogP contribution in [-0.4, -0.2) is 35.1 Å². The van der Waals surface area contributed by atoms with E-state index in [0.717, 1.165) is 12.8 Å². The minimum atomic E-state index is -0.600. The fourth-order valence-electron chi connectivity index (χ4n) is 3.19. The Morgan fingerprint density at radius 1 is 1.06 bits per heavy atom. The number of nitrogens with zero attached hydrogens (tertiary/aromatic N) is 1. The molecule has 0 heterocycles. The quantitative estimate of drug-likeness (QED) is 0.750. The summed E-state index contributed by atoms with van der Waals surface area (Å²) in [5, 5.41) is 9.08. The van der Waals surface area contributed by atoms with E-state index < -0.39 is 5.97 Å². The maximum absolute atomic E-state index is 11.0. The number of rotatable bonds is 3. The predicted octanol–water partition coefficient (Wildman–Crippen LogP) is 2.50. The van der Waals surface area contributed by atoms with E-state index >= 15 is 0 Å². The first-order valence-electron chi connectivity index (χ1n) is 6.65. The van der Waals surface area contributed by atoms with Crippen molar-refractivity contribution in [1.82, 2.24) is 4.90 Å². The highest BCUT2D eigenvalue weighted by Crippen LogP contribution is 2.35. The Balaban J connectivity index is 1.90. The molecule has 2 atom stereocenters. The van der Waals surface area contributed by atoms with Crippen molar-refractivity contribution in [2.75, 3.05) is 7.05 Å². The van der Waals surface area contributed by atoms with Crippen LogP contribution in [0.15, 0.2) is 0 Å². The van der Waals surface area contributed by atoms with Crippen LogP contribution in [0.25, 0.3) is 0 Å². The van der Waals surface area contributed by atoms with Gasteiger partial charge in [-0.1, -0.05) is 25.7 Å². The SMILES string of the molecule is CN(C1CCCCCC1)C1CCC1C(=O)O. The number of aliphatic carboxylic acids is 1. The van der Waals surface area contributed by atoms with Gasteiger partial charge in [0.1, 0.15) is 0 Å². The first-order chi connectivity index (χ1) is 7.70. The highest BCUT2D eigenvalue weighted by atomic mass is 16.4. The number of carboxylic acids is 1. The summed E-state index contributed by atoms with van der Waals surface area (Å²) in [6.07, 6.45) is 9.83. The van der Waals surface area contributed by atoms with Crippen LogP contribution in [0, 0.1) is 5.92 Å². The molecule has 2 rings (SSSR count). The summed E-state index contributed by atoms with van der Waals surface area (Å²) in [7, 11) is 2.13. The summed E-state index contributed by atoms with van der Waals surface area (Å²) < 4.78 is 0. The Morgan fingerprint density at radius 2 is 1.69 bits per heavy atom. The van der Waals surface area contributed by atoms with Crippen LogP contribution in [0.2, 0.25) is 0 Å². The summed E-state index contributed by atoms with van der Waals surface area (Å²) >= 11 is 0. The Kier molecular flexibility index (Phi) is 3.85. The number of hydrogen-bond donors (Lipinski definition) is 1. The van der Waals surface area contributed by atoms with Gasteiger partial charge in [-0.25, -0.2) is 0 Å². The number of carboxylic acid groups (broad SMARTS) is 1. The van der Waals surface area contributed by atoms with Crippen LogP contribution in [-0.2, 0) is 4.79 Å². The zero-order valence-corrected chi connectivity index (χ0v) is 10.2. The van der Waals surface area contributed by atoms with Crippen molar-refractivity contribution in [1.29, 1.82) is 0 Å². The average Bonchev–Trinajstić information content (AvgIpc) is 2.42. The first kappa shape index (κ1) is 11.9. The Hall–Kier alpha value is -0.570. The Labute approximate surface area is 97.8 Å². The zero-order chi connectivity index (χ0) is 11.5. The van der Waals surface area contributed by atoms with Gasteiger partial charge in [-0.05, 0) is 32.7 Å². The smallest absolute Gasteiger partial charge is 0.308 e. The summed E-state index contributed by atoms with van der Waals surface area (Å²) in [5.74, 6) is -0.704. The molecule has 1 N–H and O–H groups in total. The lowest BCUT2D eigenvalue weighted by Crippen LogP contribution is -2.52. The number of carbonyl (C=O) groups is 1. The van der Waals surface area contributed by atoms with Crippen LogP contribution in [0.1, 0.15) is 51.4 Å². The molecular formula is C13H23NO2. The van der Waals surface area contributed by atoms with Crippen molar-refractivity contribution in [3.63, 3.8) is 0 Å². The topological polar surface area (TPSA) is 40.5 Å². The third kappa shape index (κ3) is 2.40. The molecule has 2 aliphatic carbocycles. The van der Waals surface area contributed by atoms with Gasteiger partial charge in [-0.2, -0.15) is 0 Å². The number of hydrogen-bond acceptors (Lipinski definition) is 2. The van der Waals surface area contributed by atoms with Gasteiger partial charge in [0.05, 0.1) is 5.92 Å². The van der Waals surface area contributed by atoms with E-state index in [4.69, 9.17) is 5.11 Å². The van der Waals surface area contributed by atoms with E-state index in [2.05, 4.69) is 11.9 Å². The molecule has 0 aromatic heterocycles. The lowest BCUT2D eigenvalue weighted by atomic mass is 9.78. The van der Waals surface area contributed by atoms with Gasteiger partial charge in [0, 0.05) is 12.1 Å². The average molecular weight is 225 g/mol. The second kappa shape index (κ2) is 5.17. The molecule has 2 aliphatic rings. The third-order valence-electron chi connectivity index (χ3n) is 4.48. The maximum Gasteiger partial charge on any atom is 0.308 e. The minimum absolute atomic E-state index is 0.103. The third-order valence-corrected chi connectivity index (χ3v) is 4.48. The van der Waals surface area contributed by atoms with Crippen molar-refractivity contribution < 1.29 is 9.90 Å². The fraction of sp³-hybridized carbons (Fsp3) is 0.923. The largest absolute Gasteiger partial charge is 0.481 e. The van der Waals surface area contributed by atoms with E-state index in [9.17, 15) is 4.79 Å². The molecule has 0 bridgehead atoms. The van der Waals surface area contributed by atoms with E-state index in [1.165, 1.54) is 38.5 Å². The molecule has 2 unspecified atom stereocenters. The normalized spacial score (nSPS) is 32.1. The minimum Gasteiger partial charge on any atom is -0.481 e. The molecule has 0 aliphatic heterocycles. The molecule has 2 fully saturated rings. The van der Waals surface area contributed by atoms with Gasteiger partial charge in [-0.3, -0.25) is 9.69 Å². The van der Waals surface area contributed by atoms with Crippen molar-refractivity contribution in [3.8, 4) is 0 Å². The van der Waals surface area contributed by atoms with Crippen molar-refractivity contribution in [3.05, 3.63) is 0 Å². The second-order valence-corrected chi connectivity index (χ2v) is 5.40. The van der Waals surface area contributed by atoms with Crippen LogP contribution in [0.3, 0.4) is 0 Å². The van der Waals surface area contributed by atoms with Crippen molar-refractivity contribution in [2.45, 2.75) is 63.5 Å². The van der Waals surface area contributed by atoms with E-state index in [0.29, 0.717) is 12.1 Å². The lowest BCUT2D eigenvalue weighted by molar-refractivity contribution is -0.149. The predicted molar refractivity (Wildman–Crippen MR) is 63.4 cm³/mol. The molecule has 3 heteroatoms. The summed E-state index contributed by atoms with van der Waals surface area (Å²) in [4.78, 5) is 13.4. The summed E-state index contributed by atoms with van der Waals surface area (Å²) in [5.41, 5.74) is 0. The van der Waals surface area contributed by atoms with Gasteiger partial charge < -0.3 is 5.11 Å². The van der Waals surface area contributed by atoms with Crippen molar-refractivity contribution in [2.24, 2.45) is 5.92 Å². The standard InChI is InChI=1S/C13H23NO2/c1-14(10-6-4-2-3-5-7-10)12-9-8-11(12)13(15)16/h10-12H,2-9H2,1H3,(H,15,16). The van der Waals surface area contributed by atoms with Gasteiger partial charge >= 0.3 is 5.97 Å². The molecule has 0 radical (unpaired) electrons. The lowest BCUT2D eigenvalue weighted by Gasteiger charge is -2.44. The molecule has 0 aromatic rings. The summed E-state index contributed by atoms with van der Waals surface area (Å²) in [6.45, 7) is 0. The molecule has 0 saturated heterocycles.